The van der Waals surface area contributed by atoms with Crippen molar-refractivity contribution in [1.29, 1.82) is 0 Å². The van der Waals surface area contributed by atoms with Gasteiger partial charge in [-0.3, -0.25) is 14.5 Å². The summed E-state index contributed by atoms with van der Waals surface area (Å²) in [6.07, 6.45) is 0.154. The number of carbonyl (C=O) groups excluding carboxylic acids is 2. The number of rotatable bonds is 5. The third-order valence-corrected chi connectivity index (χ3v) is 9.67. The second-order valence-corrected chi connectivity index (χ2v) is 11.6. The molecule has 2 heterocycles. The van der Waals surface area contributed by atoms with Crippen molar-refractivity contribution >= 4 is 18.0 Å². The van der Waals surface area contributed by atoms with E-state index in [1.54, 1.807) is 19.1 Å². The van der Waals surface area contributed by atoms with Crippen LogP contribution in [0.15, 0.2) is 42.5 Å². The molecule has 218 valence electrons. The molecule has 1 spiro atoms. The van der Waals surface area contributed by atoms with Gasteiger partial charge in [-0.15, -0.1) is 0 Å². The number of likely N-dealkylation sites (N-methyl/N-ethyl adjacent to an activating group) is 2. The summed E-state index contributed by atoms with van der Waals surface area (Å²) >= 11 is 0. The number of likely N-dealkylation sites (tertiary alicyclic amines) is 1. The Morgan fingerprint density at radius 1 is 1.20 bits per heavy atom. The van der Waals surface area contributed by atoms with Crippen molar-refractivity contribution in [3.8, 4) is 11.5 Å². The van der Waals surface area contributed by atoms with Crippen LogP contribution in [0.2, 0.25) is 0 Å². The van der Waals surface area contributed by atoms with Crippen LogP contribution < -0.4 is 9.47 Å². The number of ether oxygens (including phenoxy) is 3. The van der Waals surface area contributed by atoms with Crippen molar-refractivity contribution in [2.45, 2.75) is 68.0 Å². The Balaban J connectivity index is 1.39. The second kappa shape index (κ2) is 9.51. The van der Waals surface area contributed by atoms with Crippen LogP contribution in [0.25, 0.3) is 6.08 Å². The number of esters is 1. The normalized spacial score (nSPS) is 30.0. The highest BCUT2D eigenvalue weighted by Crippen LogP contribution is 2.67. The summed E-state index contributed by atoms with van der Waals surface area (Å²) in [6.45, 7) is 2.21. The zero-order chi connectivity index (χ0) is 29.3. The van der Waals surface area contributed by atoms with E-state index in [-0.39, 0.29) is 29.5 Å². The van der Waals surface area contributed by atoms with E-state index >= 15 is 0 Å². The molecule has 0 unspecified atom stereocenters. The molecule has 2 aromatic carbocycles. The van der Waals surface area contributed by atoms with Gasteiger partial charge in [-0.25, -0.2) is 0 Å². The van der Waals surface area contributed by atoms with Gasteiger partial charge < -0.3 is 19.1 Å². The first-order valence-corrected chi connectivity index (χ1v) is 13.8. The molecule has 2 bridgehead atoms. The number of piperidine rings is 1. The predicted octanol–water partition coefficient (Wildman–Crippen LogP) is 4.61. The van der Waals surface area contributed by atoms with E-state index in [9.17, 15) is 22.8 Å². The van der Waals surface area contributed by atoms with Gasteiger partial charge in [0, 0.05) is 25.6 Å². The van der Waals surface area contributed by atoms with Crippen molar-refractivity contribution in [1.82, 2.24) is 9.80 Å². The molecule has 2 aliphatic heterocycles. The fourth-order valence-electron chi connectivity index (χ4n) is 7.97. The lowest BCUT2D eigenvalue weighted by molar-refractivity contribution is -0.220. The average molecular weight is 571 g/mol. The molecular formula is C31H33F3N2O5. The maximum absolute atomic E-state index is 13.5. The predicted molar refractivity (Wildman–Crippen MR) is 145 cm³/mol. The van der Waals surface area contributed by atoms with Crippen LogP contribution >= 0.6 is 0 Å². The number of benzene rings is 2. The van der Waals surface area contributed by atoms with Crippen molar-refractivity contribution < 1.29 is 37.0 Å². The molecule has 0 aromatic heterocycles. The molecule has 41 heavy (non-hydrogen) atoms. The largest absolute Gasteiger partial charge is 0.493 e. The zero-order valence-corrected chi connectivity index (χ0v) is 23.5. The van der Waals surface area contributed by atoms with E-state index < -0.39 is 28.9 Å². The zero-order valence-electron chi connectivity index (χ0n) is 23.5. The van der Waals surface area contributed by atoms with Crippen LogP contribution in [0.5, 0.6) is 11.5 Å². The van der Waals surface area contributed by atoms with Crippen LogP contribution in [-0.2, 0) is 32.3 Å². The Kier molecular flexibility index (Phi) is 6.41. The molecule has 5 atom stereocenters. The van der Waals surface area contributed by atoms with Gasteiger partial charge in [0.1, 0.15) is 11.7 Å². The lowest BCUT2D eigenvalue weighted by Crippen LogP contribution is -2.78. The molecule has 6 rings (SSSR count). The van der Waals surface area contributed by atoms with E-state index in [1.807, 2.05) is 6.07 Å². The van der Waals surface area contributed by atoms with Crippen LogP contribution in [0.1, 0.15) is 48.4 Å². The minimum absolute atomic E-state index is 0.0548. The van der Waals surface area contributed by atoms with Crippen LogP contribution in [0.3, 0.4) is 0 Å². The van der Waals surface area contributed by atoms with Gasteiger partial charge in [-0.2, -0.15) is 13.2 Å². The quantitative estimate of drug-likeness (QED) is 0.387. The minimum Gasteiger partial charge on any atom is -0.493 e. The van der Waals surface area contributed by atoms with E-state index in [0.717, 1.165) is 29.8 Å². The lowest BCUT2D eigenvalue weighted by atomic mass is 9.48. The Morgan fingerprint density at radius 3 is 2.68 bits per heavy atom. The van der Waals surface area contributed by atoms with Crippen molar-refractivity contribution in [2.75, 3.05) is 27.7 Å². The number of halogens is 3. The monoisotopic (exact) mass is 570 g/mol. The van der Waals surface area contributed by atoms with E-state index in [4.69, 9.17) is 14.2 Å². The van der Waals surface area contributed by atoms with E-state index in [2.05, 4.69) is 18.0 Å². The molecular weight excluding hydrogens is 537 g/mol. The second-order valence-electron chi connectivity index (χ2n) is 11.6. The van der Waals surface area contributed by atoms with E-state index in [1.165, 1.54) is 31.2 Å². The molecule has 1 saturated heterocycles. The Bertz CT molecular complexity index is 1440. The number of carbonyl (C=O) groups is 2. The molecule has 10 heteroatoms. The van der Waals surface area contributed by atoms with Gasteiger partial charge in [0.25, 0.3) is 0 Å². The highest BCUT2D eigenvalue weighted by Gasteiger charge is 2.75. The summed E-state index contributed by atoms with van der Waals surface area (Å²) in [4.78, 5) is 30.0. The van der Waals surface area contributed by atoms with Crippen molar-refractivity contribution in [3.05, 3.63) is 64.7 Å². The van der Waals surface area contributed by atoms with Crippen LogP contribution in [-0.4, -0.2) is 73.2 Å². The first-order valence-electron chi connectivity index (χ1n) is 13.8. The molecule has 2 fully saturated rings. The van der Waals surface area contributed by atoms with Gasteiger partial charge in [-0.05, 0) is 74.7 Å². The van der Waals surface area contributed by atoms with Crippen LogP contribution in [0, 0.1) is 0 Å². The van der Waals surface area contributed by atoms with Crippen LogP contribution in [0.4, 0.5) is 13.2 Å². The molecule has 0 radical (unpaired) electrons. The summed E-state index contributed by atoms with van der Waals surface area (Å²) in [6, 6.07) is 8.40. The van der Waals surface area contributed by atoms with Crippen molar-refractivity contribution in [3.63, 3.8) is 0 Å². The molecule has 4 aliphatic rings. The smallest absolute Gasteiger partial charge is 0.416 e. The number of nitrogens with zero attached hydrogens (tertiary/aromatic N) is 2. The number of methoxy groups -OCH3 is 1. The topological polar surface area (TPSA) is 68.3 Å². The van der Waals surface area contributed by atoms with Gasteiger partial charge in [0.15, 0.2) is 11.5 Å². The summed E-state index contributed by atoms with van der Waals surface area (Å²) in [5.74, 6) is 0.534. The van der Waals surface area contributed by atoms with Crippen molar-refractivity contribution in [2.24, 2.45) is 0 Å². The minimum atomic E-state index is -4.47. The number of hydrogen-bond donors (Lipinski definition) is 0. The summed E-state index contributed by atoms with van der Waals surface area (Å²) in [5, 5.41) is 0. The lowest BCUT2D eigenvalue weighted by Gasteiger charge is -2.65. The Labute approximate surface area is 236 Å². The fourth-order valence-corrected chi connectivity index (χ4v) is 7.97. The number of hydrogen-bond acceptors (Lipinski definition) is 6. The van der Waals surface area contributed by atoms with Gasteiger partial charge >= 0.3 is 12.1 Å². The average Bonchev–Trinajstić information content (AvgIpc) is 3.28. The number of alkyl halides is 3. The molecule has 1 saturated carbocycles. The molecule has 2 aliphatic carbocycles. The molecule has 0 N–H and O–H groups in total. The van der Waals surface area contributed by atoms with E-state index in [0.29, 0.717) is 37.2 Å². The third-order valence-electron chi connectivity index (χ3n) is 9.67. The maximum Gasteiger partial charge on any atom is 0.416 e. The van der Waals surface area contributed by atoms with Gasteiger partial charge in [-0.1, -0.05) is 18.2 Å². The maximum atomic E-state index is 13.5. The standard InChI is InChI=1S/C31H33F3N2O5/c1-18(37)41-30-13-12-22(36(3)25(38)11-8-19-6-5-7-21(16-19)31(32,33)34)28-29(30)14-15-35(2)24(30)17-20-9-10-23(39-4)27(40-28)26(20)29/h5-11,16,22,24,28H,12-15,17H2,1-4H3/t22-,24+,28-,29-,30+/m0/s1. The summed E-state index contributed by atoms with van der Waals surface area (Å²) in [7, 11) is 5.34. The molecule has 2 aromatic rings. The highest BCUT2D eigenvalue weighted by molar-refractivity contribution is 5.92. The SMILES string of the molecule is COc1ccc2c3c1O[C@H]1[C@@H](N(C)C(=O)C=Cc4cccc(C(F)(F)F)c4)CC[C@@]4(OC(C)=O)[C@@H](C2)N(C)CC[C@]314. The van der Waals surface area contributed by atoms with Gasteiger partial charge in [0.2, 0.25) is 5.91 Å². The first kappa shape index (κ1) is 27.6. The Hall–Kier alpha value is -3.53. The summed E-state index contributed by atoms with van der Waals surface area (Å²) in [5.41, 5.74) is 0.121. The number of amides is 1. The fraction of sp³-hybridized carbons (Fsp3) is 0.484. The first-order chi connectivity index (χ1) is 19.4. The third kappa shape index (κ3) is 3.97. The van der Waals surface area contributed by atoms with Gasteiger partial charge in [0.05, 0.1) is 30.2 Å². The highest BCUT2D eigenvalue weighted by atomic mass is 19.4. The Morgan fingerprint density at radius 2 is 1.98 bits per heavy atom. The molecule has 7 nitrogen and oxygen atoms in total. The summed E-state index contributed by atoms with van der Waals surface area (Å²) < 4.78 is 58.3. The molecule has 1 amide bonds.